The Bertz CT molecular complexity index is 128. The first-order chi connectivity index (χ1) is 5.54. The van der Waals surface area contributed by atoms with Gasteiger partial charge >= 0.3 is 0 Å². The molecule has 0 rings (SSSR count). The van der Waals surface area contributed by atoms with Crippen molar-refractivity contribution >= 4 is 33.5 Å². The molecule has 0 aliphatic rings. The summed E-state index contributed by atoms with van der Waals surface area (Å²) in [7, 11) is 8.42. The summed E-state index contributed by atoms with van der Waals surface area (Å²) in [6, 6.07) is 0. The third kappa shape index (κ3) is 33.1. The minimum atomic E-state index is -0.0625. The first-order valence-corrected chi connectivity index (χ1v) is 3.90. The van der Waals surface area contributed by atoms with E-state index in [1.807, 2.05) is 14.1 Å². The Kier molecular flexibility index (Phi) is 21.3. The monoisotopic (exact) mass is 265 g/mol. The van der Waals surface area contributed by atoms with Crippen LogP contribution in [0.2, 0.25) is 6.32 Å². The summed E-state index contributed by atoms with van der Waals surface area (Å²) in [5.74, 6) is -0.125. The number of Topliss-reactive ketones (excluding diaryl/α,β-unsaturated/α-hetero) is 2. The molecule has 0 N–H and O–H groups in total. The molecule has 0 bridgehead atoms. The van der Waals surface area contributed by atoms with Crippen molar-refractivity contribution in [2.24, 2.45) is 0 Å². The Morgan fingerprint density at radius 2 is 1.62 bits per heavy atom. The summed E-state index contributed by atoms with van der Waals surface area (Å²) in [5, 5.41) is 0. The van der Waals surface area contributed by atoms with Gasteiger partial charge in [0.05, 0.1) is 13.6 Å². The van der Waals surface area contributed by atoms with E-state index in [0.29, 0.717) is 0 Å². The predicted octanol–water partition coefficient (Wildman–Crippen LogP) is 0.383. The molecule has 0 spiro atoms. The molecule has 2 nitrogen and oxygen atoms in total. The smallest absolute Gasteiger partial charge is 0.137 e. The maximum Gasteiger partial charge on any atom is 0.137 e. The van der Waals surface area contributed by atoms with Crippen molar-refractivity contribution in [3.8, 4) is 0 Å². The van der Waals surface area contributed by atoms with Crippen LogP contribution >= 0.6 is 0 Å². The molecule has 0 heterocycles. The van der Waals surface area contributed by atoms with Crippen LogP contribution in [0.15, 0.2) is 0 Å². The fourth-order valence-electron chi connectivity index (χ4n) is 0.487. The fraction of sp³-hybridized carbons (Fsp3) is 0.714. The van der Waals surface area contributed by atoms with E-state index in [1.54, 1.807) is 7.06 Å². The molecule has 13 heavy (non-hydrogen) atoms. The molecule has 0 saturated heterocycles. The topological polar surface area (TPSA) is 34.1 Å². The van der Waals surface area contributed by atoms with Crippen LogP contribution < -0.4 is 0 Å². The minimum absolute atomic E-state index is 0. The van der Waals surface area contributed by atoms with Gasteiger partial charge in [-0.3, -0.25) is 9.59 Å². The molecule has 6 heteroatoms. The van der Waals surface area contributed by atoms with Crippen LogP contribution in [-0.4, -0.2) is 33.5 Å². The van der Waals surface area contributed by atoms with Gasteiger partial charge in [-0.2, -0.15) is 0 Å². The SMILES string of the molecule is CC(=O)CC(C)=O.[B][B][B]CC.[Rh]. The van der Waals surface area contributed by atoms with E-state index >= 15 is 0 Å². The van der Waals surface area contributed by atoms with Crippen LogP contribution in [0.5, 0.6) is 0 Å². The minimum Gasteiger partial charge on any atom is -0.300 e. The average Bonchev–Trinajstić information content (AvgIpc) is 1.87. The Hall–Kier alpha value is 0.158. The first kappa shape index (κ1) is 18.8. The molecular weight excluding hydrogens is 251 g/mol. The molecule has 0 saturated carbocycles. The summed E-state index contributed by atoms with van der Waals surface area (Å²) in [5.41, 5.74) is 0. The number of ketones is 2. The summed E-state index contributed by atoms with van der Waals surface area (Å²) in [6.45, 7) is 4.85. The molecule has 71 valence electrons. The van der Waals surface area contributed by atoms with Crippen molar-refractivity contribution in [1.82, 2.24) is 0 Å². The van der Waals surface area contributed by atoms with Crippen molar-refractivity contribution in [2.45, 2.75) is 33.5 Å². The summed E-state index contributed by atoms with van der Waals surface area (Å²) < 4.78 is 0. The largest absolute Gasteiger partial charge is 0.300 e. The van der Waals surface area contributed by atoms with Gasteiger partial charge in [-0.1, -0.05) is 13.2 Å². The molecule has 5 radical (unpaired) electrons. The second-order valence-corrected chi connectivity index (χ2v) is 2.42. The van der Waals surface area contributed by atoms with Crippen LogP contribution in [-0.2, 0) is 29.1 Å². The summed E-state index contributed by atoms with van der Waals surface area (Å²) in [6.07, 6.45) is 1.12. The third-order valence-corrected chi connectivity index (χ3v) is 0.870. The predicted molar refractivity (Wildman–Crippen MR) is 53.7 cm³/mol. The van der Waals surface area contributed by atoms with Gasteiger partial charge in [-0.25, -0.2) is 0 Å². The van der Waals surface area contributed by atoms with Crippen LogP contribution in [0.1, 0.15) is 27.2 Å². The summed E-state index contributed by atoms with van der Waals surface area (Å²) >= 11 is 0. The molecule has 0 aliphatic heterocycles. The van der Waals surface area contributed by atoms with E-state index in [4.69, 9.17) is 7.74 Å². The van der Waals surface area contributed by atoms with E-state index in [0.717, 1.165) is 6.32 Å². The van der Waals surface area contributed by atoms with Crippen molar-refractivity contribution in [2.75, 3.05) is 0 Å². The van der Waals surface area contributed by atoms with E-state index in [2.05, 4.69) is 0 Å². The third-order valence-electron chi connectivity index (χ3n) is 0.870. The van der Waals surface area contributed by atoms with Crippen LogP contribution in [0.25, 0.3) is 0 Å². The zero-order valence-corrected chi connectivity index (χ0v) is 9.93. The second-order valence-electron chi connectivity index (χ2n) is 2.42. The number of hydrogen-bond donors (Lipinski definition) is 0. The Labute approximate surface area is 96.2 Å². The van der Waals surface area contributed by atoms with Gasteiger partial charge in [0.1, 0.15) is 11.6 Å². The maximum atomic E-state index is 10.0. The van der Waals surface area contributed by atoms with E-state index in [-0.39, 0.29) is 37.5 Å². The molecular formula is C7H13B3O2Rh. The zero-order chi connectivity index (χ0) is 9.98. The molecule has 0 aromatic rings. The van der Waals surface area contributed by atoms with Gasteiger partial charge in [-0.05, 0) is 13.8 Å². The van der Waals surface area contributed by atoms with E-state index < -0.39 is 0 Å². The standard InChI is InChI=1S/C5H8O2.C2H5B3.Rh/c1-4(6)3-5(2)7;1-2-4-5-3;/h3H2,1-2H3;2H2,1H3;. The number of rotatable bonds is 4. The van der Waals surface area contributed by atoms with Crippen LogP contribution in [0.4, 0.5) is 0 Å². The van der Waals surface area contributed by atoms with Gasteiger partial charge in [0.25, 0.3) is 0 Å². The quantitative estimate of drug-likeness (QED) is 0.544. The normalized spacial score (nSPS) is 7.00. The fourth-order valence-corrected chi connectivity index (χ4v) is 0.487. The summed E-state index contributed by atoms with van der Waals surface area (Å²) in [4.78, 5) is 20.1. The molecule has 0 fully saturated rings. The van der Waals surface area contributed by atoms with Crippen molar-refractivity contribution in [1.29, 1.82) is 0 Å². The molecule has 0 unspecified atom stereocenters. The number of hydrogen-bond acceptors (Lipinski definition) is 2. The van der Waals surface area contributed by atoms with E-state index in [9.17, 15) is 9.59 Å². The molecule has 0 aromatic carbocycles. The van der Waals surface area contributed by atoms with Gasteiger partial charge in [0, 0.05) is 34.3 Å². The van der Waals surface area contributed by atoms with E-state index in [1.165, 1.54) is 13.8 Å². The maximum absolute atomic E-state index is 10.0. The molecule has 0 atom stereocenters. The van der Waals surface area contributed by atoms with Crippen LogP contribution in [0.3, 0.4) is 0 Å². The van der Waals surface area contributed by atoms with Crippen LogP contribution in [0, 0.1) is 0 Å². The number of carbonyl (C=O) groups excluding carboxylic acids is 2. The van der Waals surface area contributed by atoms with Gasteiger partial charge < -0.3 is 0 Å². The Morgan fingerprint density at radius 1 is 1.23 bits per heavy atom. The molecule has 0 aromatic heterocycles. The van der Waals surface area contributed by atoms with Gasteiger partial charge in [0.15, 0.2) is 0 Å². The second kappa shape index (κ2) is 14.7. The first-order valence-electron chi connectivity index (χ1n) is 3.90. The van der Waals surface area contributed by atoms with Crippen molar-refractivity contribution in [3.63, 3.8) is 0 Å². The number of carbonyl (C=O) groups is 2. The molecule has 0 aliphatic carbocycles. The van der Waals surface area contributed by atoms with Gasteiger partial charge in [0.2, 0.25) is 0 Å². The average molecular weight is 265 g/mol. The molecule has 0 amide bonds. The van der Waals surface area contributed by atoms with Crippen molar-refractivity contribution < 1.29 is 29.1 Å². The van der Waals surface area contributed by atoms with Crippen molar-refractivity contribution in [3.05, 3.63) is 0 Å². The van der Waals surface area contributed by atoms with Gasteiger partial charge in [-0.15, -0.1) is 0 Å². The Balaban J connectivity index is -0.000000150. The Morgan fingerprint density at radius 3 is 1.62 bits per heavy atom. The zero-order valence-electron chi connectivity index (χ0n) is 8.30.